The molecule has 1 fully saturated rings. The zero-order valence-corrected chi connectivity index (χ0v) is 16.8. The van der Waals surface area contributed by atoms with E-state index < -0.39 is 0 Å². The van der Waals surface area contributed by atoms with Gasteiger partial charge in [-0.25, -0.2) is 10.4 Å². The second-order valence-corrected chi connectivity index (χ2v) is 7.68. The highest BCUT2D eigenvalue weighted by atomic mass is 32.1. The van der Waals surface area contributed by atoms with E-state index in [1.165, 1.54) is 5.00 Å². The van der Waals surface area contributed by atoms with Crippen LogP contribution in [-0.4, -0.2) is 48.0 Å². The number of thiophene rings is 1. The van der Waals surface area contributed by atoms with Gasteiger partial charge < -0.3 is 14.2 Å². The number of rotatable bonds is 5. The van der Waals surface area contributed by atoms with Crippen molar-refractivity contribution in [1.29, 1.82) is 0 Å². The zero-order valence-electron chi connectivity index (χ0n) is 16.0. The Balaban J connectivity index is 1.41. The van der Waals surface area contributed by atoms with Crippen LogP contribution in [0.15, 0.2) is 35.4 Å². The van der Waals surface area contributed by atoms with Gasteiger partial charge in [0.25, 0.3) is 5.91 Å². The van der Waals surface area contributed by atoms with E-state index in [2.05, 4.69) is 38.0 Å². The van der Waals surface area contributed by atoms with Crippen LogP contribution in [0.25, 0.3) is 11.0 Å². The zero-order chi connectivity index (χ0) is 19.5. The van der Waals surface area contributed by atoms with E-state index >= 15 is 0 Å². The van der Waals surface area contributed by atoms with Gasteiger partial charge in [0.2, 0.25) is 0 Å². The summed E-state index contributed by atoms with van der Waals surface area (Å²) in [6, 6.07) is 9.64. The highest BCUT2D eigenvalue weighted by Crippen LogP contribution is 2.25. The van der Waals surface area contributed by atoms with Crippen molar-refractivity contribution in [1.82, 2.24) is 15.0 Å². The van der Waals surface area contributed by atoms with Crippen LogP contribution in [0.5, 0.6) is 0 Å². The Kier molecular flexibility index (Phi) is 5.40. The molecule has 0 radical (unpaired) electrons. The number of anilines is 1. The normalized spacial score (nSPS) is 14.9. The standard InChI is InChI=1S/C20H23N5O2S/c1-3-25-14(2)22-17-12-15(4-6-18(17)25)20(26)23-21-13-16-5-7-19(28-16)24-8-10-27-11-9-24/h4-7,12-13H,3,8-11H2,1-2H3,(H,23,26)/b21-13+. The van der Waals surface area contributed by atoms with Gasteiger partial charge in [0.15, 0.2) is 0 Å². The minimum absolute atomic E-state index is 0.244. The smallest absolute Gasteiger partial charge is 0.271 e. The first kappa shape index (κ1) is 18.6. The van der Waals surface area contributed by atoms with Crippen LogP contribution >= 0.6 is 11.3 Å². The summed E-state index contributed by atoms with van der Waals surface area (Å²) in [5.74, 6) is 0.702. The highest BCUT2D eigenvalue weighted by molar-refractivity contribution is 7.17. The molecule has 7 nitrogen and oxygen atoms in total. The minimum atomic E-state index is -0.244. The molecule has 28 heavy (non-hydrogen) atoms. The third-order valence-electron chi connectivity index (χ3n) is 4.81. The molecule has 0 spiro atoms. The summed E-state index contributed by atoms with van der Waals surface area (Å²) in [5, 5.41) is 5.31. The fourth-order valence-electron chi connectivity index (χ4n) is 3.37. The summed E-state index contributed by atoms with van der Waals surface area (Å²) in [6.45, 7) is 8.24. The quantitative estimate of drug-likeness (QED) is 0.531. The molecule has 3 aromatic rings. The van der Waals surface area contributed by atoms with Crippen LogP contribution in [-0.2, 0) is 11.3 Å². The molecule has 1 aromatic carbocycles. The first-order valence-corrected chi connectivity index (χ1v) is 10.2. The topological polar surface area (TPSA) is 71.8 Å². The Bertz CT molecular complexity index is 1020. The molecule has 4 rings (SSSR count). The van der Waals surface area contributed by atoms with Crippen molar-refractivity contribution in [2.24, 2.45) is 5.10 Å². The van der Waals surface area contributed by atoms with Gasteiger partial charge >= 0.3 is 0 Å². The van der Waals surface area contributed by atoms with Crippen molar-refractivity contribution in [3.8, 4) is 0 Å². The largest absolute Gasteiger partial charge is 0.378 e. The Labute approximate surface area is 167 Å². The second kappa shape index (κ2) is 8.12. The Morgan fingerprint density at radius 3 is 2.93 bits per heavy atom. The van der Waals surface area contributed by atoms with Crippen molar-refractivity contribution < 1.29 is 9.53 Å². The maximum Gasteiger partial charge on any atom is 0.271 e. The van der Waals surface area contributed by atoms with Gasteiger partial charge in [-0.05, 0) is 44.2 Å². The van der Waals surface area contributed by atoms with Gasteiger partial charge in [-0.1, -0.05) is 0 Å². The number of aromatic nitrogens is 2. The maximum atomic E-state index is 12.4. The number of hydrogen-bond acceptors (Lipinski definition) is 6. The number of aryl methyl sites for hydroxylation is 2. The average molecular weight is 398 g/mol. The Morgan fingerprint density at radius 1 is 1.32 bits per heavy atom. The second-order valence-electron chi connectivity index (χ2n) is 6.58. The van der Waals surface area contributed by atoms with E-state index in [9.17, 15) is 4.79 Å². The van der Waals surface area contributed by atoms with Crippen molar-refractivity contribution in [3.05, 3.63) is 46.6 Å². The van der Waals surface area contributed by atoms with Gasteiger partial charge in [-0.15, -0.1) is 11.3 Å². The average Bonchev–Trinajstić information content (AvgIpc) is 3.31. The summed E-state index contributed by atoms with van der Waals surface area (Å²) in [6.07, 6.45) is 1.68. The number of fused-ring (bicyclic) bond motifs is 1. The summed E-state index contributed by atoms with van der Waals surface area (Å²) in [4.78, 5) is 20.2. The minimum Gasteiger partial charge on any atom is -0.378 e. The molecule has 146 valence electrons. The van der Waals surface area contributed by atoms with Crippen LogP contribution in [0, 0.1) is 6.92 Å². The molecule has 1 aliphatic rings. The van der Waals surface area contributed by atoms with Crippen molar-refractivity contribution in [2.45, 2.75) is 20.4 Å². The van der Waals surface area contributed by atoms with Gasteiger partial charge in [0.1, 0.15) is 5.82 Å². The lowest BCUT2D eigenvalue weighted by molar-refractivity contribution is 0.0955. The number of nitrogens with zero attached hydrogens (tertiary/aromatic N) is 4. The number of carbonyl (C=O) groups is 1. The van der Waals surface area contributed by atoms with Gasteiger partial charge in [0.05, 0.1) is 35.5 Å². The molecular formula is C20H23N5O2S. The molecule has 1 saturated heterocycles. The molecule has 0 bridgehead atoms. The Hall–Kier alpha value is -2.71. The van der Waals surface area contributed by atoms with Crippen LogP contribution in [0.4, 0.5) is 5.00 Å². The van der Waals surface area contributed by atoms with E-state index in [0.29, 0.717) is 5.56 Å². The fourth-order valence-corrected chi connectivity index (χ4v) is 4.31. The number of carbonyl (C=O) groups excluding carboxylic acids is 1. The number of imidazole rings is 1. The molecule has 1 aliphatic heterocycles. The van der Waals surface area contributed by atoms with E-state index in [1.807, 2.05) is 25.1 Å². The maximum absolute atomic E-state index is 12.4. The number of morpholine rings is 1. The number of hydrazone groups is 1. The third kappa shape index (κ3) is 3.79. The summed E-state index contributed by atoms with van der Waals surface area (Å²) in [5.41, 5.74) is 5.01. The third-order valence-corrected chi connectivity index (χ3v) is 5.89. The first-order chi connectivity index (χ1) is 13.7. The van der Waals surface area contributed by atoms with E-state index in [4.69, 9.17) is 4.74 Å². The van der Waals surface area contributed by atoms with Crippen LogP contribution in [0.3, 0.4) is 0 Å². The van der Waals surface area contributed by atoms with Gasteiger partial charge in [-0.3, -0.25) is 4.79 Å². The first-order valence-electron chi connectivity index (χ1n) is 9.38. The Morgan fingerprint density at radius 2 is 2.14 bits per heavy atom. The molecule has 0 saturated carbocycles. The fraction of sp³-hybridized carbons (Fsp3) is 0.350. The highest BCUT2D eigenvalue weighted by Gasteiger charge is 2.13. The van der Waals surface area contributed by atoms with Crippen molar-refractivity contribution >= 4 is 39.5 Å². The van der Waals surface area contributed by atoms with Crippen LogP contribution in [0.1, 0.15) is 28.0 Å². The SMILES string of the molecule is CCn1c(C)nc2cc(C(=O)N/N=C/c3ccc(N4CCOCC4)s3)ccc21. The molecule has 2 aromatic heterocycles. The predicted molar refractivity (Wildman–Crippen MR) is 113 cm³/mol. The molecule has 1 N–H and O–H groups in total. The number of benzene rings is 1. The molecule has 8 heteroatoms. The number of ether oxygens (including phenoxy) is 1. The monoisotopic (exact) mass is 397 g/mol. The van der Waals surface area contributed by atoms with Crippen LogP contribution in [0.2, 0.25) is 0 Å². The number of hydrogen-bond donors (Lipinski definition) is 1. The molecule has 3 heterocycles. The molecule has 1 amide bonds. The molecular weight excluding hydrogens is 374 g/mol. The lowest BCUT2D eigenvalue weighted by atomic mass is 10.2. The van der Waals surface area contributed by atoms with E-state index in [-0.39, 0.29) is 5.91 Å². The molecule has 0 atom stereocenters. The van der Waals surface area contributed by atoms with E-state index in [0.717, 1.165) is 54.6 Å². The summed E-state index contributed by atoms with van der Waals surface area (Å²) >= 11 is 1.65. The molecule has 0 unspecified atom stereocenters. The van der Waals surface area contributed by atoms with Crippen molar-refractivity contribution in [2.75, 3.05) is 31.2 Å². The summed E-state index contributed by atoms with van der Waals surface area (Å²) in [7, 11) is 0. The number of amides is 1. The molecule has 0 aliphatic carbocycles. The van der Waals surface area contributed by atoms with Crippen molar-refractivity contribution in [3.63, 3.8) is 0 Å². The summed E-state index contributed by atoms with van der Waals surface area (Å²) < 4.78 is 7.51. The van der Waals surface area contributed by atoms with E-state index in [1.54, 1.807) is 23.6 Å². The van der Waals surface area contributed by atoms with Gasteiger partial charge in [0, 0.05) is 30.1 Å². The lowest BCUT2D eigenvalue weighted by Crippen LogP contribution is -2.35. The number of nitrogens with one attached hydrogen (secondary N) is 1. The lowest BCUT2D eigenvalue weighted by Gasteiger charge is -2.27. The van der Waals surface area contributed by atoms with Gasteiger partial charge in [-0.2, -0.15) is 5.10 Å². The predicted octanol–water partition coefficient (Wildman–Crippen LogP) is 3.03. The van der Waals surface area contributed by atoms with Crippen LogP contribution < -0.4 is 10.3 Å².